The van der Waals surface area contributed by atoms with Gasteiger partial charge in [-0.2, -0.15) is 0 Å². The van der Waals surface area contributed by atoms with Crippen LogP contribution < -0.4 is 18.9 Å². The molecule has 0 atom stereocenters. The molecule has 4 aromatic carbocycles. The van der Waals surface area contributed by atoms with E-state index in [2.05, 4.69) is 107 Å². The minimum atomic E-state index is -0.270. The third-order valence-electron chi connectivity index (χ3n) is 14.8. The van der Waals surface area contributed by atoms with Crippen molar-refractivity contribution in [3.8, 4) is 67.5 Å². The standard InChI is InChI=1S/C72H78N4O12/c1-49(77)81-41-9-5-13-45-85-57-25-17-53(18-26-57)69-61-33-35-63(73-61)70(54-19-27-58(28-20-54)86-46-14-6-10-42-82-50(2)78)65-37-39-67(75-65)72(56-23-31-60(32-24-56)88-48-16-8-12-44-84-52(4)80)68-40-38-66(76-68)71(64-36-34-62(69)74-64)55-21-29-59(30-22-55)87-47-15-7-11-43-83-51(3)79/h17-40,73,76H,5-16,41-48H2,1-4H3. The van der Waals surface area contributed by atoms with Gasteiger partial charge in [0.2, 0.25) is 0 Å². The van der Waals surface area contributed by atoms with E-state index >= 15 is 0 Å². The number of rotatable bonds is 32. The molecule has 5 heterocycles. The van der Waals surface area contributed by atoms with Gasteiger partial charge in [-0.3, -0.25) is 19.2 Å². The number of carbonyl (C=O) groups excluding carboxylic acids is 4. The van der Waals surface area contributed by atoms with Crippen LogP contribution in [0.2, 0.25) is 0 Å². The molecule has 0 saturated heterocycles. The van der Waals surface area contributed by atoms with Crippen molar-refractivity contribution in [1.82, 2.24) is 19.9 Å². The lowest BCUT2D eigenvalue weighted by atomic mass is 10.0. The Hall–Kier alpha value is -9.44. The molecule has 7 aromatic rings. The van der Waals surface area contributed by atoms with E-state index in [1.54, 1.807) is 0 Å². The number of esters is 4. The molecule has 2 aliphatic heterocycles. The van der Waals surface area contributed by atoms with Gasteiger partial charge in [-0.1, -0.05) is 48.5 Å². The zero-order valence-electron chi connectivity index (χ0n) is 50.8. The van der Waals surface area contributed by atoms with Crippen molar-refractivity contribution in [2.24, 2.45) is 0 Å². The summed E-state index contributed by atoms with van der Waals surface area (Å²) in [5.74, 6) is 1.89. The summed E-state index contributed by atoms with van der Waals surface area (Å²) < 4.78 is 45.3. The number of H-pyrrole nitrogens is 2. The van der Waals surface area contributed by atoms with E-state index < -0.39 is 0 Å². The summed E-state index contributed by atoms with van der Waals surface area (Å²) in [6.07, 6.45) is 18.2. The monoisotopic (exact) mass is 1190 g/mol. The number of fused-ring (bicyclic) bond motifs is 8. The zero-order valence-corrected chi connectivity index (χ0v) is 50.8. The molecule has 16 nitrogen and oxygen atoms in total. The highest BCUT2D eigenvalue weighted by molar-refractivity contribution is 6.00. The summed E-state index contributed by atoms with van der Waals surface area (Å²) in [7, 11) is 0. The van der Waals surface area contributed by atoms with E-state index in [1.807, 2.05) is 48.5 Å². The number of carbonyl (C=O) groups is 4. The third kappa shape index (κ3) is 18.3. The Kier molecular flexibility index (Phi) is 23.2. The van der Waals surface area contributed by atoms with Gasteiger partial charge in [0.25, 0.3) is 0 Å². The summed E-state index contributed by atoms with van der Waals surface area (Å²) in [5, 5.41) is 0. The van der Waals surface area contributed by atoms with Crippen LogP contribution in [-0.4, -0.2) is 96.7 Å². The number of aromatic amines is 2. The van der Waals surface area contributed by atoms with Gasteiger partial charge in [0.05, 0.1) is 75.6 Å². The van der Waals surface area contributed by atoms with E-state index in [0.29, 0.717) is 52.9 Å². The summed E-state index contributed by atoms with van der Waals surface area (Å²) in [4.78, 5) is 63.7. The number of hydrogen-bond acceptors (Lipinski definition) is 14. The van der Waals surface area contributed by atoms with Gasteiger partial charge >= 0.3 is 23.9 Å². The summed E-state index contributed by atoms with van der Waals surface area (Å²) in [6.45, 7) is 9.42. The normalized spacial score (nSPS) is 11.5. The summed E-state index contributed by atoms with van der Waals surface area (Å²) >= 11 is 0. The van der Waals surface area contributed by atoms with E-state index in [0.717, 1.165) is 189 Å². The topological polar surface area (TPSA) is 199 Å². The molecular formula is C72H78N4O12. The van der Waals surface area contributed by atoms with Crippen molar-refractivity contribution in [2.45, 2.75) is 105 Å². The summed E-state index contributed by atoms with van der Waals surface area (Å²) in [6, 6.07) is 40.9. The Bertz CT molecular complexity index is 3240. The average Bonchev–Trinajstić information content (AvgIpc) is 2.44. The molecule has 88 heavy (non-hydrogen) atoms. The number of hydrogen-bond donors (Lipinski definition) is 2. The quantitative estimate of drug-likeness (QED) is 0.0229. The maximum atomic E-state index is 11.2. The first kappa shape index (κ1) is 63.1. The first-order valence-corrected chi connectivity index (χ1v) is 30.6. The molecular weight excluding hydrogens is 1110 g/mol. The Morgan fingerprint density at radius 1 is 0.284 bits per heavy atom. The van der Waals surface area contributed by atoms with Crippen molar-refractivity contribution in [1.29, 1.82) is 0 Å². The van der Waals surface area contributed by atoms with Crippen LogP contribution in [0.5, 0.6) is 23.0 Å². The molecule has 0 saturated carbocycles. The lowest BCUT2D eigenvalue weighted by molar-refractivity contribution is -0.142. The largest absolute Gasteiger partial charge is 0.494 e. The third-order valence-corrected chi connectivity index (χ3v) is 14.8. The van der Waals surface area contributed by atoms with Gasteiger partial charge in [0, 0.05) is 72.0 Å². The van der Waals surface area contributed by atoms with E-state index in [4.69, 9.17) is 47.9 Å². The Morgan fingerprint density at radius 3 is 0.693 bits per heavy atom. The highest BCUT2D eigenvalue weighted by Crippen LogP contribution is 2.40. The number of nitrogens with one attached hydrogen (secondary N) is 2. The maximum absolute atomic E-state index is 11.2. The van der Waals surface area contributed by atoms with Gasteiger partial charge in [-0.05, 0) is 196 Å². The molecule has 2 N–H and O–H groups in total. The van der Waals surface area contributed by atoms with Gasteiger partial charge < -0.3 is 47.9 Å². The molecule has 0 amide bonds. The lowest BCUT2D eigenvalue weighted by Crippen LogP contribution is -2.02. The van der Waals surface area contributed by atoms with E-state index in [9.17, 15) is 19.2 Å². The number of benzene rings is 4. The van der Waals surface area contributed by atoms with E-state index in [1.165, 1.54) is 27.7 Å². The second-order valence-electron chi connectivity index (χ2n) is 21.6. The van der Waals surface area contributed by atoms with Crippen LogP contribution in [0.1, 0.15) is 128 Å². The number of nitrogens with zero attached hydrogens (tertiary/aromatic N) is 2. The van der Waals surface area contributed by atoms with Crippen molar-refractivity contribution in [2.75, 3.05) is 52.9 Å². The van der Waals surface area contributed by atoms with Crippen LogP contribution in [-0.2, 0) is 38.1 Å². The van der Waals surface area contributed by atoms with Crippen LogP contribution in [0, 0.1) is 0 Å². The highest BCUT2D eigenvalue weighted by atomic mass is 16.5. The van der Waals surface area contributed by atoms with Crippen LogP contribution in [0.15, 0.2) is 121 Å². The van der Waals surface area contributed by atoms with Crippen LogP contribution in [0.25, 0.3) is 90.9 Å². The predicted molar refractivity (Wildman–Crippen MR) is 345 cm³/mol. The number of unbranched alkanes of at least 4 members (excludes halogenated alkanes) is 8. The fourth-order valence-corrected chi connectivity index (χ4v) is 10.4. The van der Waals surface area contributed by atoms with Crippen molar-refractivity contribution in [3.63, 3.8) is 0 Å². The Morgan fingerprint density at radius 2 is 0.489 bits per heavy atom. The minimum absolute atomic E-state index is 0.270. The molecule has 0 unspecified atom stereocenters. The molecule has 0 aliphatic carbocycles. The average molecular weight is 1190 g/mol. The molecule has 2 aliphatic rings. The zero-order chi connectivity index (χ0) is 61.5. The van der Waals surface area contributed by atoms with Crippen LogP contribution >= 0.6 is 0 Å². The van der Waals surface area contributed by atoms with Gasteiger partial charge in [0.15, 0.2) is 0 Å². The Labute approximate surface area is 514 Å². The van der Waals surface area contributed by atoms with Crippen molar-refractivity contribution >= 4 is 70.2 Å². The minimum Gasteiger partial charge on any atom is -0.494 e. The molecule has 0 radical (unpaired) electrons. The molecule has 16 heteroatoms. The second kappa shape index (κ2) is 32.3. The van der Waals surface area contributed by atoms with Gasteiger partial charge in [-0.25, -0.2) is 9.97 Å². The smallest absolute Gasteiger partial charge is 0.302 e. The van der Waals surface area contributed by atoms with Crippen molar-refractivity contribution in [3.05, 3.63) is 144 Å². The lowest BCUT2D eigenvalue weighted by Gasteiger charge is -2.10. The molecule has 3 aromatic heterocycles. The second-order valence-corrected chi connectivity index (χ2v) is 21.6. The fourth-order valence-electron chi connectivity index (χ4n) is 10.4. The van der Waals surface area contributed by atoms with E-state index in [-0.39, 0.29) is 23.9 Å². The van der Waals surface area contributed by atoms with Crippen LogP contribution in [0.4, 0.5) is 0 Å². The number of ether oxygens (including phenoxy) is 8. The fraction of sp³-hybridized carbons (Fsp3) is 0.333. The van der Waals surface area contributed by atoms with Gasteiger partial charge in [-0.15, -0.1) is 0 Å². The first-order chi connectivity index (χ1) is 42.9. The highest BCUT2D eigenvalue weighted by Gasteiger charge is 2.20. The Balaban J connectivity index is 1.14. The first-order valence-electron chi connectivity index (χ1n) is 30.6. The molecule has 8 bridgehead atoms. The molecule has 0 fully saturated rings. The maximum Gasteiger partial charge on any atom is 0.302 e. The molecule has 0 spiro atoms. The molecule has 458 valence electrons. The molecule has 9 rings (SSSR count). The van der Waals surface area contributed by atoms with Crippen LogP contribution in [0.3, 0.4) is 0 Å². The number of aromatic nitrogens is 4. The summed E-state index contributed by atoms with van der Waals surface area (Å²) in [5.41, 5.74) is 13.7. The van der Waals surface area contributed by atoms with Crippen molar-refractivity contribution < 1.29 is 57.1 Å². The predicted octanol–water partition coefficient (Wildman–Crippen LogP) is 15.8. The SMILES string of the molecule is CC(=O)OCCCCCOc1ccc(-c2c3nc(c(-c4ccc(OCCCCCOC(C)=O)cc4)c4ccc([nH]4)c(-c4ccc(OCCCCCOC(C)=O)cc4)c4nc(c(-c5ccc(OCCCCCOC(C)=O)cc5)c5ccc2[nH]5)C=C4)C=C3)cc1. The van der Waals surface area contributed by atoms with Gasteiger partial charge in [0.1, 0.15) is 23.0 Å².